The Morgan fingerprint density at radius 2 is 1.94 bits per heavy atom. The van der Waals surface area contributed by atoms with Crippen molar-refractivity contribution in [3.8, 4) is 17.4 Å². The van der Waals surface area contributed by atoms with E-state index in [0.29, 0.717) is 5.56 Å². The van der Waals surface area contributed by atoms with Crippen LogP contribution in [0, 0.1) is 21.4 Å². The van der Waals surface area contributed by atoms with Gasteiger partial charge in [0.15, 0.2) is 0 Å². The molecule has 0 spiro atoms. The molecule has 0 saturated carbocycles. The van der Waals surface area contributed by atoms with Crippen molar-refractivity contribution in [2.24, 2.45) is 0 Å². The van der Waals surface area contributed by atoms with Crippen LogP contribution in [0.25, 0.3) is 17.4 Å². The fourth-order valence-corrected chi connectivity index (χ4v) is 2.92. The second-order valence-electron chi connectivity index (χ2n) is 6.10. The van der Waals surface area contributed by atoms with Crippen LogP contribution in [-0.2, 0) is 4.79 Å². The summed E-state index contributed by atoms with van der Waals surface area (Å²) in [6, 6.07) is 14.4. The van der Waals surface area contributed by atoms with Crippen LogP contribution in [0.1, 0.15) is 16.1 Å². The molecule has 3 rings (SSSR count). The zero-order chi connectivity index (χ0) is 22.5. The van der Waals surface area contributed by atoms with E-state index in [1.54, 1.807) is 12.1 Å². The molecule has 1 heterocycles. The molecule has 10 heteroatoms. The number of nitriles is 1. The van der Waals surface area contributed by atoms with Crippen LogP contribution in [0.15, 0.2) is 64.6 Å². The van der Waals surface area contributed by atoms with Crippen LogP contribution >= 0.6 is 11.6 Å². The molecule has 1 amide bonds. The van der Waals surface area contributed by atoms with Crippen molar-refractivity contribution >= 4 is 40.9 Å². The third-order valence-corrected chi connectivity index (χ3v) is 4.43. The molecule has 0 atom stereocenters. The summed E-state index contributed by atoms with van der Waals surface area (Å²) in [6.07, 6.45) is 1.18. The molecule has 31 heavy (non-hydrogen) atoms. The first-order valence-corrected chi connectivity index (χ1v) is 8.97. The number of carboxylic acids is 1. The first kappa shape index (κ1) is 21.3. The highest BCUT2D eigenvalue weighted by molar-refractivity contribution is 6.33. The van der Waals surface area contributed by atoms with Crippen molar-refractivity contribution in [1.29, 1.82) is 5.26 Å². The van der Waals surface area contributed by atoms with Crippen LogP contribution in [-0.4, -0.2) is 21.9 Å². The number of non-ortho nitro benzene ring substituents is 1. The molecule has 0 radical (unpaired) electrons. The fourth-order valence-electron chi connectivity index (χ4n) is 2.65. The van der Waals surface area contributed by atoms with Gasteiger partial charge in [0.05, 0.1) is 21.2 Å². The number of nitro benzene ring substituents is 1. The number of rotatable bonds is 6. The minimum Gasteiger partial charge on any atom is -0.478 e. The van der Waals surface area contributed by atoms with E-state index in [1.165, 1.54) is 54.6 Å². The lowest BCUT2D eigenvalue weighted by Gasteiger charge is -2.07. The van der Waals surface area contributed by atoms with Crippen molar-refractivity contribution < 1.29 is 24.0 Å². The van der Waals surface area contributed by atoms with Crippen molar-refractivity contribution in [2.75, 3.05) is 5.32 Å². The van der Waals surface area contributed by atoms with Gasteiger partial charge in [0.1, 0.15) is 23.2 Å². The summed E-state index contributed by atoms with van der Waals surface area (Å²) in [7, 11) is 0. The molecule has 1 aromatic heterocycles. The second-order valence-corrected chi connectivity index (χ2v) is 6.51. The number of nitrogens with one attached hydrogen (secondary N) is 1. The average molecular weight is 438 g/mol. The molecule has 0 aliphatic rings. The standard InChI is InChI=1S/C21H12ClN3O6/c22-17-10-13(25(29)30)5-7-15(17)19-8-6-14(31-19)9-12(11-23)20(26)24-18-4-2-1-3-16(18)21(27)28/h1-10H,(H,24,26)(H,27,28)/b12-9+. The highest BCUT2D eigenvalue weighted by Gasteiger charge is 2.17. The number of para-hydroxylation sites is 1. The van der Waals surface area contributed by atoms with Crippen LogP contribution in [0.5, 0.6) is 0 Å². The summed E-state index contributed by atoms with van der Waals surface area (Å²) in [4.78, 5) is 33.9. The molecule has 0 bridgehead atoms. The Morgan fingerprint density at radius 3 is 2.58 bits per heavy atom. The fraction of sp³-hybridized carbons (Fsp3) is 0. The van der Waals surface area contributed by atoms with Gasteiger partial charge in [-0.15, -0.1) is 0 Å². The quantitative estimate of drug-likeness (QED) is 0.244. The zero-order valence-electron chi connectivity index (χ0n) is 15.5. The Morgan fingerprint density at radius 1 is 1.19 bits per heavy atom. The normalized spacial score (nSPS) is 10.9. The lowest BCUT2D eigenvalue weighted by Crippen LogP contribution is -2.16. The van der Waals surface area contributed by atoms with Crippen LogP contribution < -0.4 is 5.32 Å². The Balaban J connectivity index is 1.85. The van der Waals surface area contributed by atoms with Gasteiger partial charge in [-0.2, -0.15) is 5.26 Å². The molecule has 2 N–H and O–H groups in total. The number of carboxylic acid groups (broad SMARTS) is 1. The minimum absolute atomic E-state index is 0.0407. The Kier molecular flexibility index (Phi) is 6.14. The number of anilines is 1. The lowest BCUT2D eigenvalue weighted by atomic mass is 10.1. The number of furan rings is 1. The summed E-state index contributed by atoms with van der Waals surface area (Å²) < 4.78 is 5.59. The molecule has 0 fully saturated rings. The van der Waals surface area contributed by atoms with Gasteiger partial charge in [0.25, 0.3) is 11.6 Å². The summed E-state index contributed by atoms with van der Waals surface area (Å²) >= 11 is 6.09. The van der Waals surface area contributed by atoms with Crippen molar-refractivity contribution in [3.63, 3.8) is 0 Å². The van der Waals surface area contributed by atoms with E-state index >= 15 is 0 Å². The van der Waals surface area contributed by atoms with E-state index in [9.17, 15) is 30.1 Å². The third kappa shape index (κ3) is 4.77. The predicted molar refractivity (Wildman–Crippen MR) is 111 cm³/mol. The van der Waals surface area contributed by atoms with Crippen LogP contribution in [0.3, 0.4) is 0 Å². The maximum absolute atomic E-state index is 12.4. The number of nitrogens with zero attached hydrogens (tertiary/aromatic N) is 2. The molecular weight excluding hydrogens is 426 g/mol. The summed E-state index contributed by atoms with van der Waals surface area (Å²) in [6.45, 7) is 0. The number of carbonyl (C=O) groups excluding carboxylic acids is 1. The van der Waals surface area contributed by atoms with E-state index in [-0.39, 0.29) is 39.1 Å². The third-order valence-electron chi connectivity index (χ3n) is 4.11. The molecule has 0 aliphatic heterocycles. The number of nitro groups is 1. The van der Waals surface area contributed by atoms with Gasteiger partial charge < -0.3 is 14.8 Å². The van der Waals surface area contributed by atoms with E-state index in [2.05, 4.69) is 5.32 Å². The summed E-state index contributed by atoms with van der Waals surface area (Å²) in [5, 5.41) is 31.9. The SMILES string of the molecule is N#C/C(=C\c1ccc(-c2ccc([N+](=O)[O-])cc2Cl)o1)C(=O)Nc1ccccc1C(=O)O. The van der Waals surface area contributed by atoms with Crippen molar-refractivity contribution in [1.82, 2.24) is 0 Å². The molecule has 0 saturated heterocycles. The molecule has 2 aromatic carbocycles. The van der Waals surface area contributed by atoms with Gasteiger partial charge in [0.2, 0.25) is 0 Å². The van der Waals surface area contributed by atoms with Crippen LogP contribution in [0.2, 0.25) is 5.02 Å². The predicted octanol–water partition coefficient (Wildman–Crippen LogP) is 4.75. The van der Waals surface area contributed by atoms with Gasteiger partial charge in [-0.05, 0) is 30.3 Å². The zero-order valence-corrected chi connectivity index (χ0v) is 16.3. The maximum Gasteiger partial charge on any atom is 0.337 e. The van der Waals surface area contributed by atoms with Gasteiger partial charge in [-0.3, -0.25) is 14.9 Å². The first-order chi connectivity index (χ1) is 14.8. The topological polar surface area (TPSA) is 146 Å². The monoisotopic (exact) mass is 437 g/mol. The smallest absolute Gasteiger partial charge is 0.337 e. The summed E-state index contributed by atoms with van der Waals surface area (Å²) in [5.74, 6) is -1.61. The minimum atomic E-state index is -1.23. The van der Waals surface area contributed by atoms with E-state index in [4.69, 9.17) is 16.0 Å². The number of amides is 1. The van der Waals surface area contributed by atoms with Gasteiger partial charge in [-0.1, -0.05) is 23.7 Å². The Hall–Kier alpha value is -4.42. The average Bonchev–Trinajstić information content (AvgIpc) is 3.20. The molecule has 0 aliphatic carbocycles. The molecular formula is C21H12ClN3O6. The summed E-state index contributed by atoms with van der Waals surface area (Å²) in [5.41, 5.74) is -0.188. The Bertz CT molecular complexity index is 1270. The highest BCUT2D eigenvalue weighted by Crippen LogP contribution is 2.32. The lowest BCUT2D eigenvalue weighted by molar-refractivity contribution is -0.384. The van der Waals surface area contributed by atoms with E-state index in [1.807, 2.05) is 0 Å². The second kappa shape index (κ2) is 8.94. The molecule has 154 valence electrons. The maximum atomic E-state index is 12.4. The molecule has 9 nitrogen and oxygen atoms in total. The largest absolute Gasteiger partial charge is 0.478 e. The van der Waals surface area contributed by atoms with Gasteiger partial charge >= 0.3 is 5.97 Å². The molecule has 3 aromatic rings. The number of hydrogen-bond acceptors (Lipinski definition) is 6. The number of halogens is 1. The number of hydrogen-bond donors (Lipinski definition) is 2. The van der Waals surface area contributed by atoms with Crippen molar-refractivity contribution in [3.05, 3.63) is 86.6 Å². The highest BCUT2D eigenvalue weighted by atomic mass is 35.5. The van der Waals surface area contributed by atoms with E-state index < -0.39 is 16.8 Å². The van der Waals surface area contributed by atoms with Crippen molar-refractivity contribution in [2.45, 2.75) is 0 Å². The first-order valence-electron chi connectivity index (χ1n) is 8.59. The number of aromatic carboxylic acids is 1. The Labute approximate surface area is 179 Å². The van der Waals surface area contributed by atoms with Gasteiger partial charge in [0, 0.05) is 23.8 Å². The number of benzene rings is 2. The van der Waals surface area contributed by atoms with Gasteiger partial charge in [-0.25, -0.2) is 4.79 Å². The van der Waals surface area contributed by atoms with Crippen LogP contribution in [0.4, 0.5) is 11.4 Å². The molecule has 0 unspecified atom stereocenters. The number of carbonyl (C=O) groups is 2. The van der Waals surface area contributed by atoms with E-state index in [0.717, 1.165) is 0 Å².